The lowest BCUT2D eigenvalue weighted by Gasteiger charge is -2.11. The molecular weight excluding hydrogens is 309 g/mol. The van der Waals surface area contributed by atoms with Crippen LogP contribution in [0.25, 0.3) is 0 Å². The molecule has 5 nitrogen and oxygen atoms in total. The molecule has 0 atom stereocenters. The molecule has 0 saturated carbocycles. The fraction of sp³-hybridized carbons (Fsp3) is 0.267. The largest absolute Gasteiger partial charge is 0.331 e. The SMILES string of the molecule is N#Cc1c2n(c(=O)n(Cc3ccc(F)cc3Cl)c1=O)CCC2. The minimum Gasteiger partial charge on any atom is -0.296 e. The summed E-state index contributed by atoms with van der Waals surface area (Å²) in [5, 5.41) is 9.34. The van der Waals surface area contributed by atoms with Crippen molar-refractivity contribution in [1.29, 1.82) is 5.26 Å². The summed E-state index contributed by atoms with van der Waals surface area (Å²) in [6, 6.07) is 5.64. The van der Waals surface area contributed by atoms with E-state index in [1.165, 1.54) is 16.7 Å². The first kappa shape index (κ1) is 14.5. The summed E-state index contributed by atoms with van der Waals surface area (Å²) in [7, 11) is 0. The van der Waals surface area contributed by atoms with Gasteiger partial charge in [0.05, 0.1) is 6.54 Å². The molecule has 0 bridgehead atoms. The van der Waals surface area contributed by atoms with E-state index in [1.807, 2.05) is 6.07 Å². The fourth-order valence-electron chi connectivity index (χ4n) is 2.71. The van der Waals surface area contributed by atoms with E-state index in [0.717, 1.165) is 17.1 Å². The standard InChI is InChI=1S/C15H11ClFN3O2/c16-12-6-10(17)4-3-9(12)8-20-14(21)11(7-18)13-2-1-5-19(13)15(20)22/h3-4,6H,1-2,5,8H2. The number of hydrogen-bond acceptors (Lipinski definition) is 3. The Morgan fingerprint density at radius 2 is 2.14 bits per heavy atom. The molecule has 0 aliphatic carbocycles. The zero-order chi connectivity index (χ0) is 15.9. The van der Waals surface area contributed by atoms with Crippen LogP contribution in [0, 0.1) is 17.1 Å². The Balaban J connectivity index is 2.18. The second-order valence-corrected chi connectivity index (χ2v) is 5.51. The second-order valence-electron chi connectivity index (χ2n) is 5.10. The van der Waals surface area contributed by atoms with Gasteiger partial charge in [-0.2, -0.15) is 5.26 Å². The van der Waals surface area contributed by atoms with E-state index in [4.69, 9.17) is 11.6 Å². The lowest BCUT2D eigenvalue weighted by atomic mass is 10.2. The van der Waals surface area contributed by atoms with Crippen LogP contribution in [-0.2, 0) is 19.5 Å². The Morgan fingerprint density at radius 3 is 2.82 bits per heavy atom. The van der Waals surface area contributed by atoms with Gasteiger partial charge in [-0.15, -0.1) is 0 Å². The highest BCUT2D eigenvalue weighted by Gasteiger charge is 2.22. The van der Waals surface area contributed by atoms with Crippen LogP contribution in [-0.4, -0.2) is 9.13 Å². The summed E-state index contributed by atoms with van der Waals surface area (Å²) in [6.45, 7) is 0.395. The highest BCUT2D eigenvalue weighted by molar-refractivity contribution is 6.31. The quantitative estimate of drug-likeness (QED) is 0.845. The lowest BCUT2D eigenvalue weighted by Crippen LogP contribution is -2.42. The van der Waals surface area contributed by atoms with Crippen LogP contribution < -0.4 is 11.2 Å². The molecule has 1 aromatic heterocycles. The average Bonchev–Trinajstić information content (AvgIpc) is 2.95. The van der Waals surface area contributed by atoms with E-state index in [2.05, 4.69) is 0 Å². The van der Waals surface area contributed by atoms with Crippen molar-refractivity contribution in [2.24, 2.45) is 0 Å². The molecule has 1 aliphatic rings. The van der Waals surface area contributed by atoms with E-state index < -0.39 is 17.1 Å². The van der Waals surface area contributed by atoms with E-state index in [0.29, 0.717) is 24.2 Å². The molecule has 0 amide bonds. The molecule has 0 radical (unpaired) electrons. The zero-order valence-corrected chi connectivity index (χ0v) is 12.2. The molecule has 1 aromatic carbocycles. The van der Waals surface area contributed by atoms with Gasteiger partial charge in [0, 0.05) is 17.3 Å². The molecule has 112 valence electrons. The molecule has 3 rings (SSSR count). The summed E-state index contributed by atoms with van der Waals surface area (Å²) < 4.78 is 15.5. The van der Waals surface area contributed by atoms with Crippen molar-refractivity contribution >= 4 is 11.6 Å². The van der Waals surface area contributed by atoms with E-state index in [-0.39, 0.29) is 17.1 Å². The topological polar surface area (TPSA) is 67.8 Å². The van der Waals surface area contributed by atoms with Gasteiger partial charge in [0.15, 0.2) is 0 Å². The third kappa shape index (κ3) is 2.24. The van der Waals surface area contributed by atoms with Crippen LogP contribution >= 0.6 is 11.6 Å². The fourth-order valence-corrected chi connectivity index (χ4v) is 2.94. The van der Waals surface area contributed by atoms with Crippen molar-refractivity contribution < 1.29 is 4.39 Å². The Morgan fingerprint density at radius 1 is 1.36 bits per heavy atom. The summed E-state index contributed by atoms with van der Waals surface area (Å²) in [5.74, 6) is -0.496. The number of benzene rings is 1. The van der Waals surface area contributed by atoms with Crippen LogP contribution in [0.4, 0.5) is 4.39 Å². The predicted octanol–water partition coefficient (Wildman–Crippen LogP) is 1.67. The summed E-state index contributed by atoms with van der Waals surface area (Å²) in [5.41, 5.74) is -0.142. The van der Waals surface area contributed by atoms with Crippen molar-refractivity contribution in [3.8, 4) is 6.07 Å². The number of aromatic nitrogens is 2. The van der Waals surface area contributed by atoms with Gasteiger partial charge in [0.2, 0.25) is 0 Å². The second kappa shape index (κ2) is 5.43. The molecule has 22 heavy (non-hydrogen) atoms. The molecule has 0 N–H and O–H groups in total. The molecule has 0 saturated heterocycles. The third-order valence-corrected chi connectivity index (χ3v) is 4.14. The minimum absolute atomic E-state index is 0.00432. The van der Waals surface area contributed by atoms with Gasteiger partial charge < -0.3 is 0 Å². The van der Waals surface area contributed by atoms with E-state index in [1.54, 1.807) is 0 Å². The summed E-state index contributed by atoms with van der Waals surface area (Å²) in [4.78, 5) is 24.8. The van der Waals surface area contributed by atoms with Crippen molar-refractivity contribution in [3.05, 3.63) is 66.7 Å². The average molecular weight is 320 g/mol. The molecule has 2 heterocycles. The van der Waals surface area contributed by atoms with Gasteiger partial charge >= 0.3 is 5.69 Å². The first-order valence-electron chi connectivity index (χ1n) is 6.73. The lowest BCUT2D eigenvalue weighted by molar-refractivity contribution is 0.599. The van der Waals surface area contributed by atoms with Crippen molar-refractivity contribution in [3.63, 3.8) is 0 Å². The molecule has 0 fully saturated rings. The smallest absolute Gasteiger partial charge is 0.296 e. The maximum atomic E-state index is 13.1. The highest BCUT2D eigenvalue weighted by atomic mass is 35.5. The van der Waals surface area contributed by atoms with Crippen LogP contribution in [0.5, 0.6) is 0 Å². The number of halogens is 2. The maximum absolute atomic E-state index is 13.1. The van der Waals surface area contributed by atoms with Gasteiger partial charge in [-0.3, -0.25) is 13.9 Å². The third-order valence-electron chi connectivity index (χ3n) is 3.79. The van der Waals surface area contributed by atoms with Crippen LogP contribution in [0.15, 0.2) is 27.8 Å². The molecular formula is C15H11ClFN3O2. The molecule has 0 spiro atoms. The number of nitrogens with zero attached hydrogens (tertiary/aromatic N) is 3. The van der Waals surface area contributed by atoms with Crippen molar-refractivity contribution in [1.82, 2.24) is 9.13 Å². The minimum atomic E-state index is -0.624. The van der Waals surface area contributed by atoms with Crippen LogP contribution in [0.2, 0.25) is 5.02 Å². The Labute approximate surface area is 129 Å². The Kier molecular flexibility index (Phi) is 3.59. The highest BCUT2D eigenvalue weighted by Crippen LogP contribution is 2.18. The van der Waals surface area contributed by atoms with Gasteiger partial charge in [-0.25, -0.2) is 9.18 Å². The van der Waals surface area contributed by atoms with E-state index in [9.17, 15) is 19.2 Å². The number of nitriles is 1. The van der Waals surface area contributed by atoms with Crippen LogP contribution in [0.3, 0.4) is 0 Å². The van der Waals surface area contributed by atoms with Crippen molar-refractivity contribution in [2.75, 3.05) is 0 Å². The van der Waals surface area contributed by atoms with E-state index >= 15 is 0 Å². The number of rotatable bonds is 2. The molecule has 7 heteroatoms. The first-order valence-corrected chi connectivity index (χ1v) is 7.11. The van der Waals surface area contributed by atoms with Crippen LogP contribution in [0.1, 0.15) is 23.2 Å². The Bertz CT molecular complexity index is 924. The maximum Gasteiger partial charge on any atom is 0.331 e. The number of hydrogen-bond donors (Lipinski definition) is 0. The molecule has 1 aliphatic heterocycles. The molecule has 2 aromatic rings. The first-order chi connectivity index (χ1) is 10.5. The monoisotopic (exact) mass is 319 g/mol. The Hall–Kier alpha value is -2.39. The van der Waals surface area contributed by atoms with Gasteiger partial charge in [0.25, 0.3) is 5.56 Å². The normalized spacial score (nSPS) is 13.0. The van der Waals surface area contributed by atoms with Gasteiger partial charge in [0.1, 0.15) is 17.4 Å². The number of fused-ring (bicyclic) bond motifs is 1. The van der Waals surface area contributed by atoms with Crippen molar-refractivity contribution in [2.45, 2.75) is 25.9 Å². The van der Waals surface area contributed by atoms with Gasteiger partial charge in [-0.1, -0.05) is 17.7 Å². The predicted molar refractivity (Wildman–Crippen MR) is 78.5 cm³/mol. The van der Waals surface area contributed by atoms with Gasteiger partial charge in [-0.05, 0) is 30.5 Å². The zero-order valence-electron chi connectivity index (χ0n) is 11.5. The molecule has 0 unspecified atom stereocenters. The summed E-state index contributed by atoms with van der Waals surface area (Å²) >= 11 is 5.95. The summed E-state index contributed by atoms with van der Waals surface area (Å²) in [6.07, 6.45) is 1.27.